The fourth-order valence-electron chi connectivity index (χ4n) is 1.50. The molecule has 0 saturated carbocycles. The van der Waals surface area contributed by atoms with Gasteiger partial charge in [0.15, 0.2) is 0 Å². The van der Waals surface area contributed by atoms with E-state index in [0.29, 0.717) is 19.4 Å². The van der Waals surface area contributed by atoms with E-state index in [1.54, 1.807) is 11.8 Å². The molecule has 1 aliphatic rings. The highest BCUT2D eigenvalue weighted by molar-refractivity contribution is 7.99. The number of carbonyl (C=O) groups is 2. The van der Waals surface area contributed by atoms with E-state index in [9.17, 15) is 9.59 Å². The van der Waals surface area contributed by atoms with Gasteiger partial charge in [-0.25, -0.2) is 0 Å². The molecule has 2 unspecified atom stereocenters. The zero-order valence-electron chi connectivity index (χ0n) is 9.36. The van der Waals surface area contributed by atoms with Crippen molar-refractivity contribution in [2.24, 2.45) is 0 Å². The highest BCUT2D eigenvalue weighted by Crippen LogP contribution is 2.20. The topological polar surface area (TPSA) is 78.4 Å². The van der Waals surface area contributed by atoms with E-state index in [2.05, 4.69) is 10.6 Å². The van der Waals surface area contributed by atoms with Crippen LogP contribution in [0.2, 0.25) is 0 Å². The predicted molar refractivity (Wildman–Crippen MR) is 63.3 cm³/mol. The summed E-state index contributed by atoms with van der Waals surface area (Å²) < 4.78 is 0. The van der Waals surface area contributed by atoms with E-state index in [-0.39, 0.29) is 11.3 Å². The van der Waals surface area contributed by atoms with Crippen LogP contribution < -0.4 is 10.6 Å². The number of hydrogen-bond acceptors (Lipinski definition) is 4. The molecule has 0 aromatic heterocycles. The number of thioether (sulfide) groups is 1. The van der Waals surface area contributed by atoms with Gasteiger partial charge in [-0.05, 0) is 18.6 Å². The van der Waals surface area contributed by atoms with E-state index >= 15 is 0 Å². The summed E-state index contributed by atoms with van der Waals surface area (Å²) in [6, 6.07) is -0.509. The zero-order valence-corrected chi connectivity index (χ0v) is 10.2. The lowest BCUT2D eigenvalue weighted by molar-refractivity contribution is -0.139. The minimum absolute atomic E-state index is 0.0158. The van der Waals surface area contributed by atoms with Gasteiger partial charge in [0.05, 0.1) is 11.8 Å². The molecule has 0 radical (unpaired) electrons. The third-order valence-corrected chi connectivity index (χ3v) is 3.53. The first kappa shape index (κ1) is 13.3. The third kappa shape index (κ3) is 4.40. The Hall–Kier alpha value is -0.750. The van der Waals surface area contributed by atoms with Crippen LogP contribution in [0.3, 0.4) is 0 Å². The summed E-state index contributed by atoms with van der Waals surface area (Å²) >= 11 is 1.61. The number of carbonyl (C=O) groups excluding carboxylic acids is 1. The van der Waals surface area contributed by atoms with Gasteiger partial charge in [0.1, 0.15) is 6.04 Å². The van der Waals surface area contributed by atoms with E-state index in [1.807, 2.05) is 6.92 Å². The van der Waals surface area contributed by atoms with E-state index in [4.69, 9.17) is 5.11 Å². The molecule has 0 aromatic rings. The lowest BCUT2D eigenvalue weighted by Gasteiger charge is -2.27. The van der Waals surface area contributed by atoms with Gasteiger partial charge in [-0.1, -0.05) is 6.92 Å². The van der Waals surface area contributed by atoms with Crippen LogP contribution in [0.15, 0.2) is 0 Å². The maximum absolute atomic E-state index is 11.4. The first-order valence-electron chi connectivity index (χ1n) is 5.50. The molecule has 1 amide bonds. The highest BCUT2D eigenvalue weighted by atomic mass is 32.2. The van der Waals surface area contributed by atoms with Crippen molar-refractivity contribution in [3.05, 3.63) is 0 Å². The number of carboxylic acids is 1. The molecule has 5 nitrogen and oxygen atoms in total. The summed E-state index contributed by atoms with van der Waals surface area (Å²) in [5.74, 6) is -0.0625. The van der Waals surface area contributed by atoms with Gasteiger partial charge in [-0.3, -0.25) is 14.9 Å². The van der Waals surface area contributed by atoms with Crippen molar-refractivity contribution in [1.29, 1.82) is 0 Å². The molecule has 0 spiro atoms. The molecule has 1 aliphatic heterocycles. The Labute approximate surface area is 99.4 Å². The maximum atomic E-state index is 11.4. The molecule has 0 aromatic carbocycles. The second kappa shape index (κ2) is 6.75. The Morgan fingerprint density at radius 1 is 1.56 bits per heavy atom. The van der Waals surface area contributed by atoms with Crippen molar-refractivity contribution < 1.29 is 14.7 Å². The van der Waals surface area contributed by atoms with Crippen LogP contribution in [-0.2, 0) is 9.59 Å². The van der Waals surface area contributed by atoms with E-state index in [1.165, 1.54) is 0 Å². The van der Waals surface area contributed by atoms with Crippen LogP contribution in [0.1, 0.15) is 26.2 Å². The third-order valence-electron chi connectivity index (χ3n) is 2.35. The van der Waals surface area contributed by atoms with Gasteiger partial charge in [-0.15, -0.1) is 11.8 Å². The Morgan fingerprint density at radius 3 is 2.94 bits per heavy atom. The molecule has 92 valence electrons. The number of rotatable bonds is 5. The summed E-state index contributed by atoms with van der Waals surface area (Å²) in [6.45, 7) is 2.67. The average molecular weight is 246 g/mol. The van der Waals surface area contributed by atoms with E-state index < -0.39 is 12.0 Å². The van der Waals surface area contributed by atoms with Crippen molar-refractivity contribution in [1.82, 2.24) is 10.6 Å². The minimum Gasteiger partial charge on any atom is -0.480 e. The normalized spacial score (nSPS) is 25.1. The van der Waals surface area contributed by atoms with Crippen LogP contribution in [0.5, 0.6) is 0 Å². The first-order valence-corrected chi connectivity index (χ1v) is 6.55. The van der Waals surface area contributed by atoms with Gasteiger partial charge in [0.25, 0.3) is 0 Å². The molecule has 3 N–H and O–H groups in total. The van der Waals surface area contributed by atoms with Gasteiger partial charge >= 0.3 is 5.97 Å². The standard InChI is InChI=1S/C10H18N2O3S/c1-2-4-11-8(13)6-9-12-7(10(14)15)3-5-16-9/h7,9,12H,2-6H2,1H3,(H,11,13)(H,14,15). The molecule has 1 rings (SSSR count). The molecule has 2 atom stereocenters. The first-order chi connectivity index (χ1) is 7.63. The molecule has 1 fully saturated rings. The summed E-state index contributed by atoms with van der Waals surface area (Å²) in [4.78, 5) is 22.2. The SMILES string of the molecule is CCCNC(=O)CC1NC(C(=O)O)CCS1. The summed E-state index contributed by atoms with van der Waals surface area (Å²) in [7, 11) is 0. The highest BCUT2D eigenvalue weighted by Gasteiger charge is 2.27. The van der Waals surface area contributed by atoms with Crippen molar-refractivity contribution in [3.63, 3.8) is 0 Å². The van der Waals surface area contributed by atoms with Crippen molar-refractivity contribution in [3.8, 4) is 0 Å². The molecule has 1 heterocycles. The monoisotopic (exact) mass is 246 g/mol. The summed E-state index contributed by atoms with van der Waals surface area (Å²) in [5, 5.41) is 14.5. The second-order valence-corrected chi connectivity index (χ2v) is 5.07. The quantitative estimate of drug-likeness (QED) is 0.655. The van der Waals surface area contributed by atoms with E-state index in [0.717, 1.165) is 12.2 Å². The molecule has 0 aliphatic carbocycles. The summed E-state index contributed by atoms with van der Waals surface area (Å²) in [6.07, 6.45) is 1.87. The Kier molecular flexibility index (Phi) is 5.62. The van der Waals surface area contributed by atoms with Crippen LogP contribution in [0, 0.1) is 0 Å². The Balaban J connectivity index is 2.31. The lowest BCUT2D eigenvalue weighted by Crippen LogP contribution is -2.47. The predicted octanol–water partition coefficient (Wildman–Crippen LogP) is 0.408. The number of nitrogens with one attached hydrogen (secondary N) is 2. The number of hydrogen-bond donors (Lipinski definition) is 3. The van der Waals surface area contributed by atoms with Crippen molar-refractivity contribution >= 4 is 23.6 Å². The maximum Gasteiger partial charge on any atom is 0.320 e. The molecular formula is C10H18N2O3S. The zero-order chi connectivity index (χ0) is 12.0. The fourth-order valence-corrected chi connectivity index (χ4v) is 2.69. The van der Waals surface area contributed by atoms with Gasteiger partial charge in [0.2, 0.25) is 5.91 Å². The van der Waals surface area contributed by atoms with Gasteiger partial charge in [0, 0.05) is 6.54 Å². The average Bonchev–Trinajstić information content (AvgIpc) is 2.26. The lowest BCUT2D eigenvalue weighted by atomic mass is 10.2. The summed E-state index contributed by atoms with van der Waals surface area (Å²) in [5.41, 5.74) is 0. The molecule has 6 heteroatoms. The van der Waals surface area contributed by atoms with Crippen molar-refractivity contribution in [2.45, 2.75) is 37.6 Å². The van der Waals surface area contributed by atoms with Gasteiger partial charge in [-0.2, -0.15) is 0 Å². The van der Waals surface area contributed by atoms with Crippen LogP contribution in [0.25, 0.3) is 0 Å². The van der Waals surface area contributed by atoms with Gasteiger partial charge < -0.3 is 10.4 Å². The van der Waals surface area contributed by atoms with Crippen LogP contribution >= 0.6 is 11.8 Å². The largest absolute Gasteiger partial charge is 0.480 e. The minimum atomic E-state index is -0.834. The van der Waals surface area contributed by atoms with Crippen molar-refractivity contribution in [2.75, 3.05) is 12.3 Å². The Morgan fingerprint density at radius 2 is 2.31 bits per heavy atom. The number of carboxylic acid groups (broad SMARTS) is 1. The van der Waals surface area contributed by atoms with Crippen LogP contribution in [0.4, 0.5) is 0 Å². The van der Waals surface area contributed by atoms with Crippen LogP contribution in [-0.4, -0.2) is 40.7 Å². The molecule has 1 saturated heterocycles. The fraction of sp³-hybridized carbons (Fsp3) is 0.800. The molecule has 0 bridgehead atoms. The number of amides is 1. The number of aliphatic carboxylic acids is 1. The molecular weight excluding hydrogens is 228 g/mol. The molecule has 16 heavy (non-hydrogen) atoms. The second-order valence-electron chi connectivity index (χ2n) is 3.76. The Bertz CT molecular complexity index is 260. The smallest absolute Gasteiger partial charge is 0.320 e.